The number of nitrogens with zero attached hydrogens (tertiary/aromatic N) is 1. The van der Waals surface area contributed by atoms with Crippen LogP contribution in [-0.4, -0.2) is 49.6 Å². The minimum atomic E-state index is -0.185. The summed E-state index contributed by atoms with van der Waals surface area (Å²) < 4.78 is 5.26. The number of carbonyl (C=O) groups is 2. The van der Waals surface area contributed by atoms with E-state index in [1.54, 1.807) is 18.1 Å². The number of hydrogen-bond donors (Lipinski definition) is 1. The largest absolute Gasteiger partial charge is 0.381 e. The number of nitrogens with one attached hydrogen (secondary N) is 1. The van der Waals surface area contributed by atoms with Crippen molar-refractivity contribution in [3.05, 3.63) is 22.4 Å². The Balaban J connectivity index is 1.74. The average molecular weight is 282 g/mol. The summed E-state index contributed by atoms with van der Waals surface area (Å²) in [6.07, 6.45) is 1.98. The second-order valence-electron chi connectivity index (χ2n) is 4.48. The van der Waals surface area contributed by atoms with E-state index in [2.05, 4.69) is 5.32 Å². The van der Waals surface area contributed by atoms with Crippen LogP contribution >= 0.6 is 11.3 Å². The van der Waals surface area contributed by atoms with Gasteiger partial charge in [-0.15, -0.1) is 11.3 Å². The first-order valence-electron chi connectivity index (χ1n) is 6.33. The van der Waals surface area contributed by atoms with Crippen LogP contribution in [0.3, 0.4) is 0 Å². The third kappa shape index (κ3) is 3.78. The van der Waals surface area contributed by atoms with Gasteiger partial charge in [0.15, 0.2) is 0 Å². The van der Waals surface area contributed by atoms with Crippen LogP contribution in [0.5, 0.6) is 0 Å². The highest BCUT2D eigenvalue weighted by molar-refractivity contribution is 7.12. The molecule has 1 N–H and O–H groups in total. The average Bonchev–Trinajstić information content (AvgIpc) is 2.98. The Labute approximate surface area is 116 Å². The van der Waals surface area contributed by atoms with E-state index in [1.165, 1.54) is 11.3 Å². The Morgan fingerprint density at radius 2 is 2.21 bits per heavy atom. The lowest BCUT2D eigenvalue weighted by Gasteiger charge is -2.31. The van der Waals surface area contributed by atoms with Gasteiger partial charge < -0.3 is 15.0 Å². The summed E-state index contributed by atoms with van der Waals surface area (Å²) in [4.78, 5) is 26.1. The van der Waals surface area contributed by atoms with Crippen molar-refractivity contribution >= 4 is 23.2 Å². The first-order chi connectivity index (χ1) is 9.20. The Bertz CT molecular complexity index is 425. The second kappa shape index (κ2) is 6.68. The topological polar surface area (TPSA) is 58.6 Å². The van der Waals surface area contributed by atoms with Gasteiger partial charge in [0, 0.05) is 20.2 Å². The first kappa shape index (κ1) is 14.0. The van der Waals surface area contributed by atoms with Crippen molar-refractivity contribution in [1.29, 1.82) is 0 Å². The molecule has 2 heterocycles. The fourth-order valence-corrected chi connectivity index (χ4v) is 2.74. The highest BCUT2D eigenvalue weighted by Gasteiger charge is 2.22. The van der Waals surface area contributed by atoms with Crippen molar-refractivity contribution in [3.8, 4) is 0 Å². The Hall–Kier alpha value is -1.40. The number of piperidine rings is 1. The number of thiophene rings is 1. The number of ether oxygens (including phenoxy) is 1. The van der Waals surface area contributed by atoms with E-state index in [-0.39, 0.29) is 24.5 Å². The molecule has 1 fully saturated rings. The van der Waals surface area contributed by atoms with Crippen LogP contribution in [0.15, 0.2) is 17.5 Å². The molecule has 6 heteroatoms. The number of likely N-dealkylation sites (tertiary alicyclic amines) is 1. The van der Waals surface area contributed by atoms with Crippen LogP contribution in [0.1, 0.15) is 22.5 Å². The molecule has 0 bridgehead atoms. The number of hydrogen-bond acceptors (Lipinski definition) is 4. The summed E-state index contributed by atoms with van der Waals surface area (Å²) in [5.41, 5.74) is 0. The maximum atomic E-state index is 11.9. The van der Waals surface area contributed by atoms with Crippen LogP contribution < -0.4 is 5.32 Å². The summed E-state index contributed by atoms with van der Waals surface area (Å²) in [5.74, 6) is -0.213. The summed E-state index contributed by atoms with van der Waals surface area (Å²) in [6.45, 7) is 1.47. The molecule has 0 aromatic carbocycles. The Morgan fingerprint density at radius 1 is 1.47 bits per heavy atom. The van der Waals surface area contributed by atoms with Gasteiger partial charge >= 0.3 is 0 Å². The van der Waals surface area contributed by atoms with Gasteiger partial charge in [-0.25, -0.2) is 0 Å². The zero-order chi connectivity index (χ0) is 13.7. The number of carbonyl (C=O) groups excluding carboxylic acids is 2. The molecular weight excluding hydrogens is 264 g/mol. The lowest BCUT2D eigenvalue weighted by Crippen LogP contribution is -2.45. The minimum absolute atomic E-state index is 0.0283. The molecule has 1 aromatic rings. The van der Waals surface area contributed by atoms with E-state index in [9.17, 15) is 9.59 Å². The maximum absolute atomic E-state index is 11.9. The summed E-state index contributed by atoms with van der Waals surface area (Å²) in [7, 11) is 1.70. The molecule has 0 saturated carbocycles. The first-order valence-corrected chi connectivity index (χ1v) is 7.21. The quantitative estimate of drug-likeness (QED) is 0.900. The monoisotopic (exact) mass is 282 g/mol. The van der Waals surface area contributed by atoms with Crippen LogP contribution in [0.2, 0.25) is 0 Å². The van der Waals surface area contributed by atoms with E-state index < -0.39 is 0 Å². The number of rotatable bonds is 4. The molecule has 19 heavy (non-hydrogen) atoms. The summed E-state index contributed by atoms with van der Waals surface area (Å²) in [5, 5.41) is 4.50. The van der Waals surface area contributed by atoms with Crippen molar-refractivity contribution in [2.75, 3.05) is 26.7 Å². The predicted molar refractivity (Wildman–Crippen MR) is 73.3 cm³/mol. The molecule has 0 spiro atoms. The van der Waals surface area contributed by atoms with Gasteiger partial charge in [0.05, 0.1) is 17.5 Å². The number of amides is 2. The van der Waals surface area contributed by atoms with E-state index in [0.717, 1.165) is 12.8 Å². The van der Waals surface area contributed by atoms with Crippen molar-refractivity contribution < 1.29 is 14.3 Å². The SMILES string of the molecule is COC1CCN(C(=O)CNC(=O)c2cccs2)CC1. The van der Waals surface area contributed by atoms with E-state index in [4.69, 9.17) is 4.74 Å². The highest BCUT2D eigenvalue weighted by atomic mass is 32.1. The van der Waals surface area contributed by atoms with Crippen LogP contribution in [0.25, 0.3) is 0 Å². The molecule has 0 radical (unpaired) electrons. The molecule has 104 valence electrons. The summed E-state index contributed by atoms with van der Waals surface area (Å²) >= 11 is 1.37. The van der Waals surface area contributed by atoms with Crippen LogP contribution in [0.4, 0.5) is 0 Å². The van der Waals surface area contributed by atoms with Gasteiger partial charge in [-0.3, -0.25) is 9.59 Å². The molecule has 1 aliphatic heterocycles. The molecule has 0 aliphatic carbocycles. The van der Waals surface area contributed by atoms with E-state index in [1.807, 2.05) is 11.4 Å². The van der Waals surface area contributed by atoms with Gasteiger partial charge in [-0.2, -0.15) is 0 Å². The third-order valence-electron chi connectivity index (χ3n) is 3.27. The van der Waals surface area contributed by atoms with Crippen molar-refractivity contribution in [2.24, 2.45) is 0 Å². The predicted octanol–water partition coefficient (Wildman–Crippen LogP) is 1.12. The van der Waals surface area contributed by atoms with Gasteiger partial charge in [-0.05, 0) is 24.3 Å². The molecular formula is C13H18N2O3S. The fraction of sp³-hybridized carbons (Fsp3) is 0.538. The zero-order valence-corrected chi connectivity index (χ0v) is 11.7. The van der Waals surface area contributed by atoms with Crippen LogP contribution in [-0.2, 0) is 9.53 Å². The fourth-order valence-electron chi connectivity index (χ4n) is 2.10. The van der Waals surface area contributed by atoms with E-state index >= 15 is 0 Å². The van der Waals surface area contributed by atoms with Crippen molar-refractivity contribution in [3.63, 3.8) is 0 Å². The maximum Gasteiger partial charge on any atom is 0.261 e. The van der Waals surface area contributed by atoms with Gasteiger partial charge in [-0.1, -0.05) is 6.07 Å². The smallest absolute Gasteiger partial charge is 0.261 e. The van der Waals surface area contributed by atoms with Gasteiger partial charge in [0.1, 0.15) is 0 Å². The molecule has 0 atom stereocenters. The molecule has 1 aliphatic rings. The van der Waals surface area contributed by atoms with Crippen LogP contribution in [0, 0.1) is 0 Å². The van der Waals surface area contributed by atoms with Crippen molar-refractivity contribution in [1.82, 2.24) is 10.2 Å². The normalized spacial score (nSPS) is 16.4. The Kier molecular flexibility index (Phi) is 4.93. The van der Waals surface area contributed by atoms with E-state index in [0.29, 0.717) is 18.0 Å². The molecule has 2 amide bonds. The molecule has 5 nitrogen and oxygen atoms in total. The Morgan fingerprint density at radius 3 is 2.79 bits per heavy atom. The lowest BCUT2D eigenvalue weighted by molar-refractivity contribution is -0.132. The molecule has 1 aromatic heterocycles. The van der Waals surface area contributed by atoms with Crippen molar-refractivity contribution in [2.45, 2.75) is 18.9 Å². The standard InChI is InChI=1S/C13H18N2O3S/c1-18-10-4-6-15(7-5-10)12(16)9-14-13(17)11-3-2-8-19-11/h2-3,8,10H,4-7,9H2,1H3,(H,14,17). The third-order valence-corrected chi connectivity index (χ3v) is 4.14. The molecule has 0 unspecified atom stereocenters. The zero-order valence-electron chi connectivity index (χ0n) is 10.9. The van der Waals surface area contributed by atoms with Gasteiger partial charge in [0.25, 0.3) is 5.91 Å². The van der Waals surface area contributed by atoms with Gasteiger partial charge in [0.2, 0.25) is 5.91 Å². The number of methoxy groups -OCH3 is 1. The summed E-state index contributed by atoms with van der Waals surface area (Å²) in [6, 6.07) is 3.56. The minimum Gasteiger partial charge on any atom is -0.381 e. The molecule has 2 rings (SSSR count). The lowest BCUT2D eigenvalue weighted by atomic mass is 10.1. The highest BCUT2D eigenvalue weighted by Crippen LogP contribution is 2.13. The molecule has 1 saturated heterocycles. The second-order valence-corrected chi connectivity index (χ2v) is 5.42.